The van der Waals surface area contributed by atoms with Crippen molar-refractivity contribution in [3.05, 3.63) is 36.5 Å². The Morgan fingerprint density at radius 3 is 3.08 bits per heavy atom. The SMILES string of the molecule is C=C(N)c1cccc2c[nH]nc12. The average Bonchev–Trinajstić information content (AvgIpc) is 2.49. The first-order valence-corrected chi connectivity index (χ1v) is 3.66. The number of rotatable bonds is 1. The molecule has 3 nitrogen and oxygen atoms in total. The summed E-state index contributed by atoms with van der Waals surface area (Å²) in [7, 11) is 0. The van der Waals surface area contributed by atoms with Gasteiger partial charge in [-0.15, -0.1) is 0 Å². The highest BCUT2D eigenvalue weighted by molar-refractivity contribution is 5.89. The van der Waals surface area contributed by atoms with Crippen LogP contribution in [0.25, 0.3) is 16.6 Å². The molecule has 0 aliphatic carbocycles. The summed E-state index contributed by atoms with van der Waals surface area (Å²) in [6.45, 7) is 3.68. The second kappa shape index (κ2) is 2.37. The number of benzene rings is 1. The largest absolute Gasteiger partial charge is 0.399 e. The maximum Gasteiger partial charge on any atom is 0.101 e. The van der Waals surface area contributed by atoms with E-state index in [1.165, 1.54) is 0 Å². The number of nitrogens with one attached hydrogen (secondary N) is 1. The van der Waals surface area contributed by atoms with Gasteiger partial charge < -0.3 is 5.73 Å². The fourth-order valence-electron chi connectivity index (χ4n) is 1.23. The number of nitrogens with zero attached hydrogens (tertiary/aromatic N) is 1. The molecule has 60 valence electrons. The lowest BCUT2D eigenvalue weighted by atomic mass is 10.1. The van der Waals surface area contributed by atoms with Crippen LogP contribution in [0.1, 0.15) is 5.56 Å². The van der Waals surface area contributed by atoms with Gasteiger partial charge in [0, 0.05) is 22.8 Å². The van der Waals surface area contributed by atoms with Crippen molar-refractivity contribution in [3.8, 4) is 0 Å². The van der Waals surface area contributed by atoms with Crippen molar-refractivity contribution < 1.29 is 0 Å². The van der Waals surface area contributed by atoms with Crippen LogP contribution in [0.15, 0.2) is 31.0 Å². The molecule has 2 aromatic rings. The molecule has 0 saturated heterocycles. The normalized spacial score (nSPS) is 10.3. The van der Waals surface area contributed by atoms with Gasteiger partial charge in [0.15, 0.2) is 0 Å². The van der Waals surface area contributed by atoms with Crippen LogP contribution < -0.4 is 5.73 Å². The van der Waals surface area contributed by atoms with Crippen LogP contribution in [-0.4, -0.2) is 10.2 Å². The van der Waals surface area contributed by atoms with Crippen molar-refractivity contribution in [2.24, 2.45) is 5.73 Å². The number of H-pyrrole nitrogens is 1. The standard InChI is InChI=1S/C9H9N3/c1-6(10)8-4-2-3-7-5-11-12-9(7)8/h2-5H,1,10H2,(H,11,12). The minimum absolute atomic E-state index is 0.549. The van der Waals surface area contributed by atoms with Gasteiger partial charge in [-0.2, -0.15) is 5.10 Å². The van der Waals surface area contributed by atoms with E-state index in [0.29, 0.717) is 5.70 Å². The third kappa shape index (κ3) is 0.871. The lowest BCUT2D eigenvalue weighted by Crippen LogP contribution is -1.94. The predicted molar refractivity (Wildman–Crippen MR) is 49.3 cm³/mol. The highest BCUT2D eigenvalue weighted by Gasteiger charge is 2.02. The number of hydrogen-bond donors (Lipinski definition) is 2. The summed E-state index contributed by atoms with van der Waals surface area (Å²) in [4.78, 5) is 0. The van der Waals surface area contributed by atoms with Gasteiger partial charge in [-0.3, -0.25) is 5.10 Å². The lowest BCUT2D eigenvalue weighted by molar-refractivity contribution is 1.12. The zero-order valence-corrected chi connectivity index (χ0v) is 6.54. The van der Waals surface area contributed by atoms with Crippen LogP contribution in [0.5, 0.6) is 0 Å². The van der Waals surface area contributed by atoms with E-state index in [2.05, 4.69) is 16.8 Å². The predicted octanol–water partition coefficient (Wildman–Crippen LogP) is 1.49. The van der Waals surface area contributed by atoms with E-state index in [1.54, 1.807) is 0 Å². The maximum atomic E-state index is 5.59. The second-order valence-corrected chi connectivity index (χ2v) is 2.65. The molecule has 0 unspecified atom stereocenters. The quantitative estimate of drug-likeness (QED) is 0.662. The van der Waals surface area contributed by atoms with Crippen molar-refractivity contribution in [2.75, 3.05) is 0 Å². The Morgan fingerprint density at radius 2 is 2.33 bits per heavy atom. The molecule has 1 heterocycles. The molecular weight excluding hydrogens is 150 g/mol. The smallest absolute Gasteiger partial charge is 0.101 e. The van der Waals surface area contributed by atoms with Crippen molar-refractivity contribution in [3.63, 3.8) is 0 Å². The molecule has 0 amide bonds. The molecule has 12 heavy (non-hydrogen) atoms. The molecule has 3 N–H and O–H groups in total. The van der Waals surface area contributed by atoms with Gasteiger partial charge >= 0.3 is 0 Å². The third-order valence-electron chi connectivity index (χ3n) is 1.81. The molecule has 0 radical (unpaired) electrons. The molecule has 3 heteroatoms. The van der Waals surface area contributed by atoms with E-state index in [4.69, 9.17) is 5.73 Å². The maximum absolute atomic E-state index is 5.59. The first kappa shape index (κ1) is 6.91. The highest BCUT2D eigenvalue weighted by Crippen LogP contribution is 2.18. The van der Waals surface area contributed by atoms with E-state index in [-0.39, 0.29) is 0 Å². The molecule has 0 aliphatic heterocycles. The van der Waals surface area contributed by atoms with Crippen molar-refractivity contribution in [1.29, 1.82) is 0 Å². The molecule has 0 fully saturated rings. The monoisotopic (exact) mass is 159 g/mol. The summed E-state index contributed by atoms with van der Waals surface area (Å²) >= 11 is 0. The highest BCUT2D eigenvalue weighted by atomic mass is 15.1. The topological polar surface area (TPSA) is 54.7 Å². The van der Waals surface area contributed by atoms with E-state index < -0.39 is 0 Å². The summed E-state index contributed by atoms with van der Waals surface area (Å²) < 4.78 is 0. The molecule has 0 saturated carbocycles. The van der Waals surface area contributed by atoms with Crippen molar-refractivity contribution in [1.82, 2.24) is 10.2 Å². The van der Waals surface area contributed by atoms with Crippen LogP contribution in [0, 0.1) is 0 Å². The number of aromatic nitrogens is 2. The Hall–Kier alpha value is -1.77. The molecular formula is C9H9N3. The first-order valence-electron chi connectivity index (χ1n) is 3.66. The van der Waals surface area contributed by atoms with E-state index in [1.807, 2.05) is 24.4 Å². The van der Waals surface area contributed by atoms with Crippen LogP contribution in [0.2, 0.25) is 0 Å². The number of nitrogens with two attached hydrogens (primary N) is 1. The van der Waals surface area contributed by atoms with E-state index >= 15 is 0 Å². The van der Waals surface area contributed by atoms with Crippen LogP contribution in [-0.2, 0) is 0 Å². The van der Waals surface area contributed by atoms with Gasteiger partial charge in [-0.1, -0.05) is 24.8 Å². The summed E-state index contributed by atoms with van der Waals surface area (Å²) in [5.41, 5.74) is 7.92. The summed E-state index contributed by atoms with van der Waals surface area (Å²) in [6, 6.07) is 5.82. The summed E-state index contributed by atoms with van der Waals surface area (Å²) in [5, 5.41) is 7.92. The molecule has 0 aliphatic rings. The first-order chi connectivity index (χ1) is 5.79. The number of aromatic amines is 1. The Morgan fingerprint density at radius 1 is 1.50 bits per heavy atom. The number of hydrogen-bond acceptors (Lipinski definition) is 2. The van der Waals surface area contributed by atoms with E-state index in [0.717, 1.165) is 16.5 Å². The lowest BCUT2D eigenvalue weighted by Gasteiger charge is -1.98. The van der Waals surface area contributed by atoms with Crippen LogP contribution >= 0.6 is 0 Å². The molecule has 0 atom stereocenters. The minimum atomic E-state index is 0.549. The number of fused-ring (bicyclic) bond motifs is 1. The van der Waals surface area contributed by atoms with Gasteiger partial charge in [0.1, 0.15) is 5.52 Å². The fraction of sp³-hybridized carbons (Fsp3) is 0. The second-order valence-electron chi connectivity index (χ2n) is 2.65. The van der Waals surface area contributed by atoms with Gasteiger partial charge in [0.05, 0.1) is 0 Å². The average molecular weight is 159 g/mol. The van der Waals surface area contributed by atoms with Gasteiger partial charge in [-0.05, 0) is 0 Å². The van der Waals surface area contributed by atoms with Crippen LogP contribution in [0.3, 0.4) is 0 Å². The zero-order chi connectivity index (χ0) is 8.55. The minimum Gasteiger partial charge on any atom is -0.399 e. The number of para-hydroxylation sites is 1. The zero-order valence-electron chi connectivity index (χ0n) is 6.54. The van der Waals surface area contributed by atoms with Crippen molar-refractivity contribution >= 4 is 16.6 Å². The van der Waals surface area contributed by atoms with Crippen molar-refractivity contribution in [2.45, 2.75) is 0 Å². The Bertz CT molecular complexity index is 428. The van der Waals surface area contributed by atoms with Gasteiger partial charge in [0.2, 0.25) is 0 Å². The molecule has 1 aromatic heterocycles. The third-order valence-corrected chi connectivity index (χ3v) is 1.81. The van der Waals surface area contributed by atoms with Gasteiger partial charge in [-0.25, -0.2) is 0 Å². The summed E-state index contributed by atoms with van der Waals surface area (Å²) in [6.07, 6.45) is 1.84. The van der Waals surface area contributed by atoms with Gasteiger partial charge in [0.25, 0.3) is 0 Å². The molecule has 1 aromatic carbocycles. The van der Waals surface area contributed by atoms with E-state index in [9.17, 15) is 0 Å². The summed E-state index contributed by atoms with van der Waals surface area (Å²) in [5.74, 6) is 0. The Labute approximate surface area is 69.9 Å². The molecule has 2 rings (SSSR count). The van der Waals surface area contributed by atoms with Crippen LogP contribution in [0.4, 0.5) is 0 Å². The fourth-order valence-corrected chi connectivity index (χ4v) is 1.23. The Balaban J connectivity index is 2.82. The molecule has 0 spiro atoms. The molecule has 0 bridgehead atoms. The Kier molecular flexibility index (Phi) is 1.37.